The van der Waals surface area contributed by atoms with Crippen molar-refractivity contribution < 1.29 is 4.79 Å². The van der Waals surface area contributed by atoms with Gasteiger partial charge in [0.1, 0.15) is 5.82 Å². The number of amides is 1. The maximum Gasteiger partial charge on any atom is 0.345 e. The van der Waals surface area contributed by atoms with E-state index in [0.717, 1.165) is 30.8 Å². The number of nitrogens with zero attached hydrogens (tertiary/aromatic N) is 4. The van der Waals surface area contributed by atoms with E-state index in [-0.39, 0.29) is 23.6 Å². The standard InChI is InChI=1S/C20H28N4O2/c1-14(2)24-19(21-22(4)20(24)26)17-9-6-10-23(13-17)18(25)12-16-8-5-7-15(3)11-16/h5,7-8,11,14,17H,6,9-10,12-13H2,1-4H3. The average molecular weight is 356 g/mol. The number of likely N-dealkylation sites (tertiary alicyclic amines) is 1. The monoisotopic (exact) mass is 356 g/mol. The van der Waals surface area contributed by atoms with Gasteiger partial charge in [0, 0.05) is 32.1 Å². The Morgan fingerprint density at radius 1 is 1.35 bits per heavy atom. The first-order valence-corrected chi connectivity index (χ1v) is 9.35. The van der Waals surface area contributed by atoms with Crippen molar-refractivity contribution in [2.45, 2.75) is 52.0 Å². The lowest BCUT2D eigenvalue weighted by molar-refractivity contribution is -0.131. The largest absolute Gasteiger partial charge is 0.345 e. The molecule has 0 aliphatic carbocycles. The van der Waals surface area contributed by atoms with Crippen molar-refractivity contribution in [1.29, 1.82) is 0 Å². The molecule has 1 aliphatic heterocycles. The van der Waals surface area contributed by atoms with E-state index in [1.165, 1.54) is 10.2 Å². The molecule has 2 aromatic rings. The summed E-state index contributed by atoms with van der Waals surface area (Å²) in [6, 6.07) is 8.16. The highest BCUT2D eigenvalue weighted by Gasteiger charge is 2.29. The number of carbonyl (C=O) groups is 1. The van der Waals surface area contributed by atoms with E-state index >= 15 is 0 Å². The Hall–Kier alpha value is -2.37. The number of carbonyl (C=O) groups excluding carboxylic acids is 1. The molecule has 2 heterocycles. The molecule has 6 heteroatoms. The van der Waals surface area contributed by atoms with E-state index < -0.39 is 0 Å². The second-order valence-electron chi connectivity index (χ2n) is 7.57. The van der Waals surface area contributed by atoms with Crippen molar-refractivity contribution in [3.8, 4) is 0 Å². The van der Waals surface area contributed by atoms with Crippen LogP contribution in [0.25, 0.3) is 0 Å². The van der Waals surface area contributed by atoms with Crippen molar-refractivity contribution in [2.75, 3.05) is 13.1 Å². The molecular formula is C20H28N4O2. The first-order chi connectivity index (χ1) is 12.4. The van der Waals surface area contributed by atoms with Crippen LogP contribution >= 0.6 is 0 Å². The maximum absolute atomic E-state index is 12.8. The molecule has 0 radical (unpaired) electrons. The van der Waals surface area contributed by atoms with Gasteiger partial charge in [-0.05, 0) is 39.2 Å². The molecule has 140 valence electrons. The summed E-state index contributed by atoms with van der Waals surface area (Å²) in [6.45, 7) is 7.44. The van der Waals surface area contributed by atoms with E-state index in [1.807, 2.05) is 43.9 Å². The van der Waals surface area contributed by atoms with Gasteiger partial charge >= 0.3 is 5.69 Å². The molecule has 1 amide bonds. The van der Waals surface area contributed by atoms with Crippen molar-refractivity contribution in [3.63, 3.8) is 0 Å². The molecular weight excluding hydrogens is 328 g/mol. The summed E-state index contributed by atoms with van der Waals surface area (Å²) < 4.78 is 3.17. The first kappa shape index (κ1) is 18.4. The minimum absolute atomic E-state index is 0.0598. The van der Waals surface area contributed by atoms with E-state index in [4.69, 9.17) is 0 Å². The lowest BCUT2D eigenvalue weighted by atomic mass is 9.96. The summed E-state index contributed by atoms with van der Waals surface area (Å²) >= 11 is 0. The Morgan fingerprint density at radius 2 is 2.12 bits per heavy atom. The highest BCUT2D eigenvalue weighted by molar-refractivity contribution is 5.79. The summed E-state index contributed by atoms with van der Waals surface area (Å²) in [4.78, 5) is 27.1. The smallest absolute Gasteiger partial charge is 0.342 e. The molecule has 1 aromatic carbocycles. The van der Waals surface area contributed by atoms with Gasteiger partial charge in [0.05, 0.1) is 6.42 Å². The lowest BCUT2D eigenvalue weighted by Gasteiger charge is -2.32. The Labute approximate surface area is 154 Å². The fourth-order valence-corrected chi connectivity index (χ4v) is 3.79. The topological polar surface area (TPSA) is 60.1 Å². The van der Waals surface area contributed by atoms with Gasteiger partial charge in [-0.2, -0.15) is 5.10 Å². The summed E-state index contributed by atoms with van der Waals surface area (Å²) in [7, 11) is 1.69. The van der Waals surface area contributed by atoms with Crippen LogP contribution in [-0.4, -0.2) is 38.2 Å². The van der Waals surface area contributed by atoms with Crippen LogP contribution in [0.5, 0.6) is 0 Å². The average Bonchev–Trinajstić information content (AvgIpc) is 2.90. The van der Waals surface area contributed by atoms with Crippen LogP contribution < -0.4 is 5.69 Å². The molecule has 1 fully saturated rings. The van der Waals surface area contributed by atoms with Crippen molar-refractivity contribution >= 4 is 5.91 Å². The number of hydrogen-bond acceptors (Lipinski definition) is 3. The summed E-state index contributed by atoms with van der Waals surface area (Å²) in [5, 5.41) is 4.47. The van der Waals surface area contributed by atoms with Gasteiger partial charge in [-0.15, -0.1) is 0 Å². The minimum atomic E-state index is -0.0850. The molecule has 0 N–H and O–H groups in total. The van der Waals surface area contributed by atoms with Crippen molar-refractivity contribution in [1.82, 2.24) is 19.2 Å². The fraction of sp³-hybridized carbons (Fsp3) is 0.550. The fourth-order valence-electron chi connectivity index (χ4n) is 3.79. The van der Waals surface area contributed by atoms with Gasteiger partial charge in [0.2, 0.25) is 5.91 Å². The highest BCUT2D eigenvalue weighted by Crippen LogP contribution is 2.27. The van der Waals surface area contributed by atoms with Gasteiger partial charge in [0.25, 0.3) is 0 Å². The van der Waals surface area contributed by atoms with E-state index in [9.17, 15) is 9.59 Å². The van der Waals surface area contributed by atoms with Crippen LogP contribution in [0.2, 0.25) is 0 Å². The summed E-state index contributed by atoms with van der Waals surface area (Å²) in [6.07, 6.45) is 2.32. The summed E-state index contributed by atoms with van der Waals surface area (Å²) in [5.41, 5.74) is 2.13. The number of aromatic nitrogens is 3. The van der Waals surface area contributed by atoms with Crippen molar-refractivity contribution in [3.05, 3.63) is 51.7 Å². The molecule has 1 atom stereocenters. The predicted molar refractivity (Wildman–Crippen MR) is 101 cm³/mol. The van der Waals surface area contributed by atoms with Gasteiger partial charge in [-0.3, -0.25) is 9.36 Å². The molecule has 3 rings (SSSR count). The molecule has 0 bridgehead atoms. The summed E-state index contributed by atoms with van der Waals surface area (Å²) in [5.74, 6) is 1.07. The zero-order chi connectivity index (χ0) is 18.8. The SMILES string of the molecule is Cc1cccc(CC(=O)N2CCCC(c3nn(C)c(=O)n3C(C)C)C2)c1. The van der Waals surface area contributed by atoms with E-state index in [2.05, 4.69) is 11.2 Å². The number of aryl methyl sites for hydroxylation is 2. The maximum atomic E-state index is 12.8. The highest BCUT2D eigenvalue weighted by atomic mass is 16.2. The van der Waals surface area contributed by atoms with Gasteiger partial charge in [0.15, 0.2) is 0 Å². The molecule has 1 saturated heterocycles. The van der Waals surface area contributed by atoms with E-state index in [0.29, 0.717) is 13.0 Å². The van der Waals surface area contributed by atoms with Crippen LogP contribution in [-0.2, 0) is 18.3 Å². The number of hydrogen-bond donors (Lipinski definition) is 0. The molecule has 0 saturated carbocycles. The Balaban J connectivity index is 1.76. The number of benzene rings is 1. The quantitative estimate of drug-likeness (QED) is 0.845. The van der Waals surface area contributed by atoms with Crippen molar-refractivity contribution in [2.24, 2.45) is 7.05 Å². The molecule has 1 aromatic heterocycles. The zero-order valence-corrected chi connectivity index (χ0v) is 16.1. The van der Waals surface area contributed by atoms with Crippen LogP contribution in [0.4, 0.5) is 0 Å². The second kappa shape index (κ2) is 7.48. The van der Waals surface area contributed by atoms with Gasteiger partial charge < -0.3 is 4.90 Å². The third kappa shape index (κ3) is 3.74. The molecule has 26 heavy (non-hydrogen) atoms. The third-order valence-electron chi connectivity index (χ3n) is 5.08. The predicted octanol–water partition coefficient (Wildman–Crippen LogP) is 2.42. The number of rotatable bonds is 4. The first-order valence-electron chi connectivity index (χ1n) is 9.35. The molecule has 1 unspecified atom stereocenters. The van der Waals surface area contributed by atoms with Crippen LogP contribution in [0.1, 0.15) is 55.6 Å². The lowest BCUT2D eigenvalue weighted by Crippen LogP contribution is -2.41. The zero-order valence-electron chi connectivity index (χ0n) is 16.1. The number of piperidine rings is 1. The van der Waals surface area contributed by atoms with Gasteiger partial charge in [-0.1, -0.05) is 29.8 Å². The second-order valence-corrected chi connectivity index (χ2v) is 7.57. The Bertz CT molecular complexity index is 850. The Kier molecular flexibility index (Phi) is 5.30. The third-order valence-corrected chi connectivity index (χ3v) is 5.08. The molecule has 0 spiro atoms. The molecule has 1 aliphatic rings. The van der Waals surface area contributed by atoms with Crippen LogP contribution in [0.15, 0.2) is 29.1 Å². The van der Waals surface area contributed by atoms with E-state index in [1.54, 1.807) is 11.6 Å². The minimum Gasteiger partial charge on any atom is -0.342 e. The molecule has 6 nitrogen and oxygen atoms in total. The normalized spacial score (nSPS) is 17.7. The van der Waals surface area contributed by atoms with Crippen LogP contribution in [0, 0.1) is 6.92 Å². The van der Waals surface area contributed by atoms with Crippen LogP contribution in [0.3, 0.4) is 0 Å². The Morgan fingerprint density at radius 3 is 2.81 bits per heavy atom. The van der Waals surface area contributed by atoms with Gasteiger partial charge in [-0.25, -0.2) is 9.48 Å².